The fourth-order valence-corrected chi connectivity index (χ4v) is 3.06. The Labute approximate surface area is 170 Å². The third-order valence-electron chi connectivity index (χ3n) is 4.79. The van der Waals surface area contributed by atoms with Gasteiger partial charge in [0.2, 0.25) is 5.89 Å². The molecule has 0 aliphatic heterocycles. The van der Waals surface area contributed by atoms with Crippen molar-refractivity contribution in [2.45, 2.75) is 58.2 Å². The highest BCUT2D eigenvalue weighted by atomic mass is 16.5. The molecule has 0 saturated heterocycles. The molecule has 0 radical (unpaired) electrons. The summed E-state index contributed by atoms with van der Waals surface area (Å²) in [5, 5.41) is 12.8. The number of unbranched alkanes of at least 4 members (excludes halogenated alkanes) is 1. The van der Waals surface area contributed by atoms with Crippen molar-refractivity contribution in [2.24, 2.45) is 0 Å². The first-order valence-corrected chi connectivity index (χ1v) is 9.99. The summed E-state index contributed by atoms with van der Waals surface area (Å²) in [5.74, 6) is 0.222. The van der Waals surface area contributed by atoms with Crippen LogP contribution >= 0.6 is 0 Å². The molecule has 0 fully saturated rings. The van der Waals surface area contributed by atoms with Gasteiger partial charge in [0.05, 0.1) is 6.04 Å². The average molecular weight is 396 g/mol. The minimum atomic E-state index is -1.28. The van der Waals surface area contributed by atoms with Gasteiger partial charge in [0.1, 0.15) is 11.3 Å². The summed E-state index contributed by atoms with van der Waals surface area (Å²) in [5.41, 5.74) is 1.36. The van der Waals surface area contributed by atoms with E-state index in [0.717, 1.165) is 35.9 Å². The Morgan fingerprint density at radius 3 is 2.76 bits per heavy atom. The molecule has 3 rings (SSSR count). The Hall–Kier alpha value is -2.86. The highest BCUT2D eigenvalue weighted by Crippen LogP contribution is 2.25. The van der Waals surface area contributed by atoms with Crippen LogP contribution in [0.4, 0.5) is 0 Å². The number of aromatic nitrogens is 1. The van der Waals surface area contributed by atoms with Gasteiger partial charge >= 0.3 is 5.97 Å². The first-order valence-electron chi connectivity index (χ1n) is 9.99. The van der Waals surface area contributed by atoms with Gasteiger partial charge in [-0.2, -0.15) is 0 Å². The average Bonchev–Trinajstić information content (AvgIpc) is 3.12. The van der Waals surface area contributed by atoms with Crippen molar-refractivity contribution in [1.29, 1.82) is 0 Å². The summed E-state index contributed by atoms with van der Waals surface area (Å²) in [6, 6.07) is 15.2. The fourth-order valence-electron chi connectivity index (χ4n) is 3.06. The highest BCUT2D eigenvalue weighted by molar-refractivity contribution is 5.76. The Bertz CT molecular complexity index is 931. The molecule has 0 saturated carbocycles. The molecule has 154 valence electrons. The van der Waals surface area contributed by atoms with Crippen LogP contribution in [0.2, 0.25) is 0 Å². The molecule has 6 heteroatoms. The lowest BCUT2D eigenvalue weighted by Gasteiger charge is -2.22. The predicted octanol–water partition coefficient (Wildman–Crippen LogP) is 5.09. The summed E-state index contributed by atoms with van der Waals surface area (Å²) >= 11 is 0. The van der Waals surface area contributed by atoms with E-state index < -0.39 is 11.6 Å². The van der Waals surface area contributed by atoms with Crippen LogP contribution in [0.5, 0.6) is 5.75 Å². The van der Waals surface area contributed by atoms with Crippen molar-refractivity contribution in [3.63, 3.8) is 0 Å². The van der Waals surface area contributed by atoms with E-state index in [4.69, 9.17) is 9.15 Å². The molecule has 0 bridgehead atoms. The van der Waals surface area contributed by atoms with E-state index in [-0.39, 0.29) is 6.04 Å². The Morgan fingerprint density at radius 2 is 2.03 bits per heavy atom. The van der Waals surface area contributed by atoms with Gasteiger partial charge < -0.3 is 19.6 Å². The molecule has 0 amide bonds. The summed E-state index contributed by atoms with van der Waals surface area (Å²) in [4.78, 5) is 15.9. The minimum absolute atomic E-state index is 0.00221. The van der Waals surface area contributed by atoms with Crippen molar-refractivity contribution in [1.82, 2.24) is 10.3 Å². The summed E-state index contributed by atoms with van der Waals surface area (Å²) < 4.78 is 11.6. The lowest BCUT2D eigenvalue weighted by molar-refractivity contribution is -0.152. The topological polar surface area (TPSA) is 84.6 Å². The van der Waals surface area contributed by atoms with E-state index in [1.54, 1.807) is 6.07 Å². The van der Waals surface area contributed by atoms with E-state index in [1.165, 1.54) is 13.8 Å². The lowest BCUT2D eigenvalue weighted by Crippen LogP contribution is -2.37. The van der Waals surface area contributed by atoms with Gasteiger partial charge in [-0.1, -0.05) is 44.0 Å². The molecule has 0 aliphatic rings. The van der Waals surface area contributed by atoms with Crippen molar-refractivity contribution < 1.29 is 19.1 Å². The molecule has 0 aliphatic carbocycles. The van der Waals surface area contributed by atoms with Gasteiger partial charge in [-0.15, -0.1) is 0 Å². The second kappa shape index (κ2) is 9.09. The number of para-hydroxylation sites is 2. The van der Waals surface area contributed by atoms with E-state index in [0.29, 0.717) is 18.2 Å². The molecule has 2 N–H and O–H groups in total. The number of aliphatic carboxylic acids is 1. The standard InChI is InChI=1S/C23H28N2O4/c1-4-5-11-19(21-25-18-12-6-7-13-20(18)28-21)24-15-16-9-8-10-17(14-16)29-23(2,3)22(26)27/h6-10,12-14,19,24H,4-5,11,15H2,1-3H3,(H,26,27). The molecule has 0 spiro atoms. The number of fused-ring (bicyclic) bond motifs is 1. The molecule has 29 heavy (non-hydrogen) atoms. The summed E-state index contributed by atoms with van der Waals surface area (Å²) in [6.07, 6.45) is 3.07. The van der Waals surface area contributed by atoms with Crippen LogP contribution in [0.15, 0.2) is 52.9 Å². The van der Waals surface area contributed by atoms with Gasteiger partial charge in [-0.05, 0) is 50.1 Å². The summed E-state index contributed by atoms with van der Waals surface area (Å²) in [6.45, 7) is 5.83. The number of nitrogens with one attached hydrogen (secondary N) is 1. The van der Waals surface area contributed by atoms with Crippen LogP contribution in [0.3, 0.4) is 0 Å². The molecular weight excluding hydrogens is 368 g/mol. The molecule has 6 nitrogen and oxygen atoms in total. The zero-order valence-electron chi connectivity index (χ0n) is 17.1. The van der Waals surface area contributed by atoms with Crippen LogP contribution in [-0.2, 0) is 11.3 Å². The first-order chi connectivity index (χ1) is 13.9. The minimum Gasteiger partial charge on any atom is -0.478 e. The van der Waals surface area contributed by atoms with Crippen LogP contribution in [0.25, 0.3) is 11.1 Å². The Kier molecular flexibility index (Phi) is 6.54. The molecule has 1 atom stereocenters. The number of rotatable bonds is 10. The van der Waals surface area contributed by atoms with Gasteiger partial charge in [-0.25, -0.2) is 9.78 Å². The molecule has 3 aromatic rings. The maximum absolute atomic E-state index is 11.3. The number of hydrogen-bond donors (Lipinski definition) is 2. The third kappa shape index (κ3) is 5.35. The van der Waals surface area contributed by atoms with Crippen molar-refractivity contribution in [2.75, 3.05) is 0 Å². The van der Waals surface area contributed by atoms with Crippen molar-refractivity contribution >= 4 is 17.1 Å². The smallest absolute Gasteiger partial charge is 0.347 e. The van der Waals surface area contributed by atoms with Crippen LogP contribution in [0, 0.1) is 0 Å². The SMILES string of the molecule is CCCCC(NCc1cccc(OC(C)(C)C(=O)O)c1)c1nc2ccccc2o1. The number of nitrogens with zero attached hydrogens (tertiary/aromatic N) is 1. The molecule has 1 aromatic heterocycles. The first kappa shape index (κ1) is 20.9. The number of carboxylic acids is 1. The maximum atomic E-state index is 11.3. The van der Waals surface area contributed by atoms with Crippen LogP contribution < -0.4 is 10.1 Å². The van der Waals surface area contributed by atoms with Gasteiger partial charge in [0, 0.05) is 6.54 Å². The fraction of sp³-hybridized carbons (Fsp3) is 0.391. The zero-order valence-corrected chi connectivity index (χ0v) is 17.1. The molecule has 1 unspecified atom stereocenters. The highest BCUT2D eigenvalue weighted by Gasteiger charge is 2.29. The number of hydrogen-bond acceptors (Lipinski definition) is 5. The van der Waals surface area contributed by atoms with E-state index in [2.05, 4.69) is 17.2 Å². The zero-order chi connectivity index (χ0) is 20.9. The van der Waals surface area contributed by atoms with E-state index >= 15 is 0 Å². The second-order valence-corrected chi connectivity index (χ2v) is 7.66. The number of carboxylic acid groups (broad SMARTS) is 1. The number of carbonyl (C=O) groups is 1. The Balaban J connectivity index is 1.72. The lowest BCUT2D eigenvalue weighted by atomic mass is 10.1. The van der Waals surface area contributed by atoms with E-state index in [9.17, 15) is 9.90 Å². The predicted molar refractivity (Wildman–Crippen MR) is 112 cm³/mol. The normalized spacial score (nSPS) is 12.8. The van der Waals surface area contributed by atoms with Gasteiger partial charge in [0.15, 0.2) is 11.2 Å². The number of benzene rings is 2. The summed E-state index contributed by atoms with van der Waals surface area (Å²) in [7, 11) is 0. The number of oxazole rings is 1. The largest absolute Gasteiger partial charge is 0.478 e. The van der Waals surface area contributed by atoms with Crippen LogP contribution in [0.1, 0.15) is 57.5 Å². The van der Waals surface area contributed by atoms with Gasteiger partial charge in [0.25, 0.3) is 0 Å². The number of ether oxygens (including phenoxy) is 1. The third-order valence-corrected chi connectivity index (χ3v) is 4.79. The quantitative estimate of drug-likeness (QED) is 0.496. The molecule has 2 aromatic carbocycles. The van der Waals surface area contributed by atoms with Crippen molar-refractivity contribution in [3.8, 4) is 5.75 Å². The second-order valence-electron chi connectivity index (χ2n) is 7.66. The van der Waals surface area contributed by atoms with E-state index in [1.807, 2.05) is 42.5 Å². The van der Waals surface area contributed by atoms with Crippen molar-refractivity contribution in [3.05, 3.63) is 60.0 Å². The van der Waals surface area contributed by atoms with Gasteiger partial charge in [-0.3, -0.25) is 0 Å². The van der Waals surface area contributed by atoms with Crippen LogP contribution in [-0.4, -0.2) is 21.7 Å². The monoisotopic (exact) mass is 396 g/mol. The Morgan fingerprint density at radius 1 is 1.24 bits per heavy atom. The molecule has 1 heterocycles. The maximum Gasteiger partial charge on any atom is 0.347 e. The molecular formula is C23H28N2O4.